The fourth-order valence-corrected chi connectivity index (χ4v) is 6.74. The summed E-state index contributed by atoms with van der Waals surface area (Å²) < 4.78 is 113. The van der Waals surface area contributed by atoms with Gasteiger partial charge in [-0.3, -0.25) is 31.9 Å². The third-order valence-corrected chi connectivity index (χ3v) is 9.12. The summed E-state index contributed by atoms with van der Waals surface area (Å²) in [5, 5.41) is 4.92. The summed E-state index contributed by atoms with van der Waals surface area (Å²) >= 11 is 9.01. The van der Waals surface area contributed by atoms with Gasteiger partial charge < -0.3 is 25.5 Å². The second-order valence-electron chi connectivity index (χ2n) is 9.51. The zero-order valence-corrected chi connectivity index (χ0v) is 26.5. The fourth-order valence-electron chi connectivity index (χ4n) is 4.34. The Labute approximate surface area is 266 Å². The Balaban J connectivity index is 1.69. The molecule has 45 heavy (non-hydrogen) atoms. The highest BCUT2D eigenvalue weighted by molar-refractivity contribution is 8.15. The van der Waals surface area contributed by atoms with Crippen molar-refractivity contribution in [3.8, 4) is 23.0 Å². The Bertz CT molecular complexity index is 2100. The van der Waals surface area contributed by atoms with E-state index >= 15 is 0 Å². The zero-order valence-electron chi connectivity index (χ0n) is 22.6. The van der Waals surface area contributed by atoms with E-state index < -0.39 is 53.5 Å². The predicted octanol–water partition coefficient (Wildman–Crippen LogP) is 4.40. The Kier molecular flexibility index (Phi) is 8.89. The molecule has 0 bridgehead atoms. The van der Waals surface area contributed by atoms with Crippen LogP contribution in [0.15, 0.2) is 43.5 Å². The Morgan fingerprint density at radius 1 is 1.02 bits per heavy atom. The Morgan fingerprint density at radius 3 is 2.33 bits per heavy atom. The second kappa shape index (κ2) is 12.0. The van der Waals surface area contributed by atoms with Crippen LogP contribution in [0.1, 0.15) is 6.92 Å². The van der Waals surface area contributed by atoms with Crippen molar-refractivity contribution in [2.75, 3.05) is 30.3 Å². The van der Waals surface area contributed by atoms with Crippen LogP contribution in [-0.2, 0) is 24.4 Å². The second-order valence-corrected chi connectivity index (χ2v) is 14.2. The van der Waals surface area contributed by atoms with Crippen LogP contribution in [0.2, 0.25) is 10.0 Å². The molecule has 244 valence electrons. The van der Waals surface area contributed by atoms with Gasteiger partial charge in [0.05, 0.1) is 29.9 Å². The highest BCUT2D eigenvalue weighted by atomic mass is 35.5. The van der Waals surface area contributed by atoms with Crippen LogP contribution in [0.5, 0.6) is 11.5 Å². The van der Waals surface area contributed by atoms with Crippen LogP contribution in [0.4, 0.5) is 17.1 Å². The van der Waals surface area contributed by atoms with Crippen molar-refractivity contribution in [2.24, 2.45) is 10.7 Å². The summed E-state index contributed by atoms with van der Waals surface area (Å²) in [5.41, 5.74) is 5.23. The van der Waals surface area contributed by atoms with E-state index in [-0.39, 0.29) is 79.9 Å². The normalized spacial score (nSPS) is 14.9. The monoisotopic (exact) mass is 727 g/mol. The molecule has 2 heterocycles. The first-order chi connectivity index (χ1) is 20.9. The van der Waals surface area contributed by atoms with E-state index in [4.69, 9.17) is 51.7 Å². The van der Waals surface area contributed by atoms with Crippen LogP contribution < -0.4 is 26.5 Å². The maximum Gasteiger partial charge on any atom is 0.300 e. The lowest BCUT2D eigenvalue weighted by Gasteiger charge is -2.27. The summed E-state index contributed by atoms with van der Waals surface area (Å²) in [7, 11) is -9.90. The van der Waals surface area contributed by atoms with Crippen LogP contribution in [0.25, 0.3) is 22.6 Å². The Hall–Kier alpha value is -2.99. The summed E-state index contributed by atoms with van der Waals surface area (Å²) in [5.74, 6) is -0.998. The maximum atomic E-state index is 12.4. The summed E-state index contributed by atoms with van der Waals surface area (Å²) in [6, 6.07) is 4.86. The van der Waals surface area contributed by atoms with Gasteiger partial charge in [0.1, 0.15) is 26.9 Å². The highest BCUT2D eigenvalue weighted by Gasteiger charge is 2.34. The average Bonchev–Trinajstić information content (AvgIpc) is 2.93. The van der Waals surface area contributed by atoms with Crippen LogP contribution in [-0.4, -0.2) is 70.3 Å². The lowest BCUT2D eigenvalue weighted by Crippen LogP contribution is -2.26. The van der Waals surface area contributed by atoms with Crippen molar-refractivity contribution in [3.05, 3.63) is 39.7 Å². The molecular formula is C23H23Cl2N5O12S3. The molecule has 0 fully saturated rings. The number of hydrogen-bond donors (Lipinski definition) is 8. The smallest absolute Gasteiger partial charge is 0.300 e. The van der Waals surface area contributed by atoms with E-state index in [1.165, 1.54) is 18.2 Å². The minimum absolute atomic E-state index is 0.00361. The standard InChI is InChI=1S/C23H23Cl2N5O12S3/c1-9(26)8-28-13-5-3-11-19(23(13)44(34,35)36)42-21-15(25)16-20(14(24)17(21)30-11)41-18-10(29-16)2-4-12(22(18)43(31,32)33)27-6-7-40-45(37,38)39/h2-5,9,28,30,37-39H,6-8,26H2,1H3,(H,31,32,33)(H,34,35,36). The van der Waals surface area contributed by atoms with Gasteiger partial charge in [0.2, 0.25) is 11.2 Å². The molecule has 1 atom stereocenters. The average molecular weight is 729 g/mol. The number of nitrogens with two attached hydrogens (primary N) is 1. The van der Waals surface area contributed by atoms with E-state index in [0.29, 0.717) is 0 Å². The van der Waals surface area contributed by atoms with Gasteiger partial charge in [-0.25, -0.2) is 4.98 Å². The summed E-state index contributed by atoms with van der Waals surface area (Å²) in [4.78, 5) is 6.87. The highest BCUT2D eigenvalue weighted by Crippen LogP contribution is 2.55. The number of nitrogens with zero attached hydrogens (tertiary/aromatic N) is 2. The van der Waals surface area contributed by atoms with Crippen LogP contribution in [0, 0.1) is 0 Å². The minimum atomic E-state index is -5.03. The number of ether oxygens (including phenoxy) is 1. The molecule has 2 aliphatic heterocycles. The van der Waals surface area contributed by atoms with Crippen molar-refractivity contribution in [2.45, 2.75) is 22.8 Å². The Morgan fingerprint density at radius 2 is 1.71 bits per heavy atom. The number of fused-ring (bicyclic) bond motifs is 4. The van der Waals surface area contributed by atoms with E-state index in [2.05, 4.69) is 24.8 Å². The lowest BCUT2D eigenvalue weighted by atomic mass is 10.1. The quantitative estimate of drug-likeness (QED) is 0.0593. The van der Waals surface area contributed by atoms with Gasteiger partial charge in [0.25, 0.3) is 10.1 Å². The number of anilines is 3. The molecule has 0 amide bonds. The molecule has 5 rings (SSSR count). The molecule has 2 aromatic carbocycles. The van der Waals surface area contributed by atoms with Gasteiger partial charge in [-0.1, -0.05) is 23.2 Å². The summed E-state index contributed by atoms with van der Waals surface area (Å²) in [6.45, 7) is 0.937. The van der Waals surface area contributed by atoms with Crippen molar-refractivity contribution in [1.29, 1.82) is 0 Å². The van der Waals surface area contributed by atoms with Gasteiger partial charge >= 0.3 is 10.1 Å². The molecule has 0 saturated heterocycles. The maximum absolute atomic E-state index is 12.4. The molecule has 9 N–H and O–H groups in total. The SMILES string of the molecule is CC(N)CNc1ccc2c(c1S(=O)(=O)O)Oc1c(c(Cl)c3oc4c(S(=O)(=O)O)c(=NCCOS(O)(O)O)ccc-4nc3c1Cl)N2. The number of halogens is 2. The van der Waals surface area contributed by atoms with E-state index in [1.54, 1.807) is 6.92 Å². The van der Waals surface area contributed by atoms with Crippen LogP contribution >= 0.6 is 34.4 Å². The zero-order chi connectivity index (χ0) is 33.1. The molecule has 0 spiro atoms. The van der Waals surface area contributed by atoms with Gasteiger partial charge in [0.15, 0.2) is 32.6 Å². The molecule has 22 heteroatoms. The van der Waals surface area contributed by atoms with Crippen molar-refractivity contribution in [1.82, 2.24) is 4.98 Å². The van der Waals surface area contributed by atoms with Crippen molar-refractivity contribution < 1.29 is 52.9 Å². The number of rotatable bonds is 9. The molecule has 1 aliphatic carbocycles. The largest absolute Gasteiger partial charge is 0.450 e. The van der Waals surface area contributed by atoms with Crippen molar-refractivity contribution >= 4 is 82.8 Å². The first kappa shape index (κ1) is 33.4. The molecular weight excluding hydrogens is 705 g/mol. The van der Waals surface area contributed by atoms with E-state index in [9.17, 15) is 25.9 Å². The van der Waals surface area contributed by atoms with E-state index in [1.807, 2.05) is 0 Å². The first-order valence-corrected chi connectivity index (χ1v) is 17.4. The van der Waals surface area contributed by atoms with Gasteiger partial charge in [-0.2, -0.15) is 16.8 Å². The number of hydrogen-bond acceptors (Lipinski definition) is 15. The molecule has 2 aromatic rings. The predicted molar refractivity (Wildman–Crippen MR) is 164 cm³/mol. The molecule has 0 saturated carbocycles. The number of benzene rings is 3. The summed E-state index contributed by atoms with van der Waals surface area (Å²) in [6.07, 6.45) is 0. The van der Waals surface area contributed by atoms with Crippen LogP contribution in [0.3, 0.4) is 0 Å². The molecule has 1 unspecified atom stereocenters. The molecule has 3 aliphatic rings. The van der Waals surface area contributed by atoms with Gasteiger partial charge in [0, 0.05) is 12.6 Å². The van der Waals surface area contributed by atoms with Crippen molar-refractivity contribution in [3.63, 3.8) is 0 Å². The fraction of sp³-hybridized carbons (Fsp3) is 0.217. The number of aromatic nitrogens is 1. The third kappa shape index (κ3) is 6.77. The van der Waals surface area contributed by atoms with E-state index in [0.717, 1.165) is 6.07 Å². The number of nitrogens with one attached hydrogen (secondary N) is 2. The minimum Gasteiger partial charge on any atom is -0.450 e. The lowest BCUT2D eigenvalue weighted by molar-refractivity contribution is 0.207. The van der Waals surface area contributed by atoms with Gasteiger partial charge in [-0.05, 0) is 31.2 Å². The molecule has 17 nitrogen and oxygen atoms in total. The molecule has 0 aromatic heterocycles. The van der Waals surface area contributed by atoms with Gasteiger partial charge in [-0.15, -0.1) is 0 Å². The topological polar surface area (TPSA) is 276 Å². The first-order valence-electron chi connectivity index (χ1n) is 12.4. The third-order valence-electron chi connectivity index (χ3n) is 6.10. The molecule has 0 radical (unpaired) electrons.